The van der Waals surface area contributed by atoms with Gasteiger partial charge in [0, 0.05) is 13.1 Å². The Bertz CT molecular complexity index is 409. The maximum atomic E-state index is 11.7. The molecule has 17 heavy (non-hydrogen) atoms. The Morgan fingerprint density at radius 3 is 2.82 bits per heavy atom. The maximum Gasteiger partial charge on any atom is 0.318 e. The smallest absolute Gasteiger partial charge is 0.318 e. The Kier molecular flexibility index (Phi) is 3.03. The molecule has 0 aromatic carbocycles. The van der Waals surface area contributed by atoms with E-state index in [-0.39, 0.29) is 25.2 Å². The summed E-state index contributed by atoms with van der Waals surface area (Å²) in [5.41, 5.74) is 0. The van der Waals surface area contributed by atoms with Crippen LogP contribution in [-0.4, -0.2) is 35.1 Å². The minimum Gasteiger partial charge on any atom is -0.481 e. The quantitative estimate of drug-likeness (QED) is 0.825. The molecule has 1 saturated heterocycles. The van der Waals surface area contributed by atoms with E-state index in [1.54, 1.807) is 18.4 Å². The van der Waals surface area contributed by atoms with Crippen LogP contribution >= 0.6 is 0 Å². The largest absolute Gasteiger partial charge is 0.481 e. The number of nitrogens with one attached hydrogen (secondary N) is 1. The Labute approximate surface area is 98.2 Å². The molecule has 1 aliphatic rings. The SMILES string of the molecule is CC(NC(=O)N1CC(C(=O)O)C1)c1ccco1. The van der Waals surface area contributed by atoms with E-state index in [1.807, 2.05) is 6.92 Å². The van der Waals surface area contributed by atoms with Crippen LogP contribution in [0.4, 0.5) is 4.79 Å². The second-order valence-electron chi connectivity index (χ2n) is 4.13. The van der Waals surface area contributed by atoms with Crippen LogP contribution in [0.1, 0.15) is 18.7 Å². The van der Waals surface area contributed by atoms with Crippen molar-refractivity contribution < 1.29 is 19.1 Å². The Morgan fingerprint density at radius 1 is 1.59 bits per heavy atom. The fourth-order valence-corrected chi connectivity index (χ4v) is 1.69. The number of carboxylic acid groups (broad SMARTS) is 1. The molecule has 2 N–H and O–H groups in total. The molecular formula is C11H14N2O4. The van der Waals surface area contributed by atoms with Gasteiger partial charge in [-0.25, -0.2) is 4.79 Å². The molecule has 1 unspecified atom stereocenters. The van der Waals surface area contributed by atoms with Gasteiger partial charge in [-0.1, -0.05) is 0 Å². The van der Waals surface area contributed by atoms with Gasteiger partial charge in [-0.15, -0.1) is 0 Å². The highest BCUT2D eigenvalue weighted by atomic mass is 16.4. The van der Waals surface area contributed by atoms with E-state index >= 15 is 0 Å². The van der Waals surface area contributed by atoms with Crippen LogP contribution in [0.15, 0.2) is 22.8 Å². The lowest BCUT2D eigenvalue weighted by Gasteiger charge is -2.37. The van der Waals surface area contributed by atoms with Gasteiger partial charge in [0.2, 0.25) is 0 Å². The Balaban J connectivity index is 1.81. The van der Waals surface area contributed by atoms with E-state index in [9.17, 15) is 9.59 Å². The summed E-state index contributed by atoms with van der Waals surface area (Å²) in [5.74, 6) is -0.610. The summed E-state index contributed by atoms with van der Waals surface area (Å²) in [6.07, 6.45) is 1.54. The van der Waals surface area contributed by atoms with Gasteiger partial charge in [0.1, 0.15) is 5.76 Å². The summed E-state index contributed by atoms with van der Waals surface area (Å²) < 4.78 is 5.16. The topological polar surface area (TPSA) is 82.8 Å². The molecule has 1 atom stereocenters. The molecule has 92 valence electrons. The first-order valence-electron chi connectivity index (χ1n) is 5.39. The second-order valence-corrected chi connectivity index (χ2v) is 4.13. The lowest BCUT2D eigenvalue weighted by Crippen LogP contribution is -2.56. The monoisotopic (exact) mass is 238 g/mol. The average molecular weight is 238 g/mol. The first kappa shape index (κ1) is 11.5. The molecule has 1 aromatic rings. The Hall–Kier alpha value is -1.98. The molecule has 1 aliphatic heterocycles. The maximum absolute atomic E-state index is 11.7. The number of hydrogen-bond acceptors (Lipinski definition) is 3. The van der Waals surface area contributed by atoms with E-state index in [1.165, 1.54) is 4.90 Å². The minimum absolute atomic E-state index is 0.221. The number of likely N-dealkylation sites (tertiary alicyclic amines) is 1. The third kappa shape index (κ3) is 2.41. The van der Waals surface area contributed by atoms with Crippen LogP contribution in [0.3, 0.4) is 0 Å². The highest BCUT2D eigenvalue weighted by Crippen LogP contribution is 2.18. The zero-order valence-electron chi connectivity index (χ0n) is 9.42. The molecule has 6 heteroatoms. The van der Waals surface area contributed by atoms with E-state index in [2.05, 4.69) is 5.32 Å². The fourth-order valence-electron chi connectivity index (χ4n) is 1.69. The second kappa shape index (κ2) is 4.48. The molecule has 0 bridgehead atoms. The van der Waals surface area contributed by atoms with Crippen molar-refractivity contribution in [2.45, 2.75) is 13.0 Å². The van der Waals surface area contributed by atoms with Crippen molar-refractivity contribution in [3.63, 3.8) is 0 Å². The minimum atomic E-state index is -0.854. The molecule has 0 aliphatic carbocycles. The number of carbonyl (C=O) groups excluding carboxylic acids is 1. The van der Waals surface area contributed by atoms with Gasteiger partial charge in [0.25, 0.3) is 0 Å². The summed E-state index contributed by atoms with van der Waals surface area (Å²) in [6, 6.07) is 3.05. The lowest BCUT2D eigenvalue weighted by molar-refractivity contribution is -0.146. The van der Waals surface area contributed by atoms with Gasteiger partial charge < -0.3 is 19.7 Å². The zero-order valence-corrected chi connectivity index (χ0v) is 9.42. The number of carboxylic acids is 1. The van der Waals surface area contributed by atoms with Gasteiger partial charge >= 0.3 is 12.0 Å². The van der Waals surface area contributed by atoms with E-state index in [0.717, 1.165) is 0 Å². The van der Waals surface area contributed by atoms with E-state index in [4.69, 9.17) is 9.52 Å². The van der Waals surface area contributed by atoms with Crippen LogP contribution in [0.25, 0.3) is 0 Å². The molecule has 2 rings (SSSR count). The summed E-state index contributed by atoms with van der Waals surface area (Å²) in [5, 5.41) is 11.4. The van der Waals surface area contributed by atoms with Crippen LogP contribution in [0.2, 0.25) is 0 Å². The van der Waals surface area contributed by atoms with Crippen molar-refractivity contribution in [2.24, 2.45) is 5.92 Å². The number of urea groups is 1. The number of furan rings is 1. The molecule has 0 radical (unpaired) electrons. The molecule has 0 spiro atoms. The number of aliphatic carboxylic acids is 1. The third-order valence-corrected chi connectivity index (χ3v) is 2.83. The van der Waals surface area contributed by atoms with Crippen molar-refractivity contribution in [3.05, 3.63) is 24.2 Å². The first-order chi connectivity index (χ1) is 8.08. The summed E-state index contributed by atoms with van der Waals surface area (Å²) >= 11 is 0. The third-order valence-electron chi connectivity index (χ3n) is 2.83. The van der Waals surface area contributed by atoms with Crippen LogP contribution < -0.4 is 5.32 Å². The normalized spacial score (nSPS) is 17.4. The van der Waals surface area contributed by atoms with Crippen LogP contribution in [-0.2, 0) is 4.79 Å². The van der Waals surface area contributed by atoms with Crippen molar-refractivity contribution >= 4 is 12.0 Å². The number of rotatable bonds is 3. The van der Waals surface area contributed by atoms with E-state index in [0.29, 0.717) is 5.76 Å². The molecule has 1 fully saturated rings. The zero-order chi connectivity index (χ0) is 12.4. The number of nitrogens with zero attached hydrogens (tertiary/aromatic N) is 1. The molecule has 0 saturated carbocycles. The molecule has 2 amide bonds. The molecule has 6 nitrogen and oxygen atoms in total. The standard InChI is InChI=1S/C11H14N2O4/c1-7(9-3-2-4-17-9)12-11(16)13-5-8(6-13)10(14)15/h2-4,7-8H,5-6H2,1H3,(H,12,16)(H,14,15). The van der Waals surface area contributed by atoms with E-state index < -0.39 is 11.9 Å². The first-order valence-corrected chi connectivity index (χ1v) is 5.39. The Morgan fingerprint density at radius 2 is 2.29 bits per heavy atom. The average Bonchev–Trinajstić information content (AvgIpc) is 2.66. The van der Waals surface area contributed by atoms with Gasteiger partial charge in [-0.05, 0) is 19.1 Å². The highest BCUT2D eigenvalue weighted by molar-refractivity contribution is 5.79. The van der Waals surface area contributed by atoms with Crippen molar-refractivity contribution in [1.29, 1.82) is 0 Å². The van der Waals surface area contributed by atoms with Crippen molar-refractivity contribution in [1.82, 2.24) is 10.2 Å². The van der Waals surface area contributed by atoms with Crippen molar-refractivity contribution in [3.8, 4) is 0 Å². The lowest BCUT2D eigenvalue weighted by atomic mass is 10.0. The highest BCUT2D eigenvalue weighted by Gasteiger charge is 2.36. The van der Waals surface area contributed by atoms with Gasteiger partial charge in [-0.2, -0.15) is 0 Å². The van der Waals surface area contributed by atoms with Gasteiger partial charge in [0.05, 0.1) is 18.2 Å². The number of hydrogen-bond donors (Lipinski definition) is 2. The van der Waals surface area contributed by atoms with Gasteiger partial charge in [-0.3, -0.25) is 4.79 Å². The predicted octanol–water partition coefficient (Wildman–Crippen LogP) is 1.07. The summed E-state index contributed by atoms with van der Waals surface area (Å²) in [4.78, 5) is 23.7. The van der Waals surface area contributed by atoms with Crippen LogP contribution in [0.5, 0.6) is 0 Å². The fraction of sp³-hybridized carbons (Fsp3) is 0.455. The summed E-state index contributed by atoms with van der Waals surface area (Å²) in [7, 11) is 0. The molecule has 2 heterocycles. The molecule has 1 aromatic heterocycles. The predicted molar refractivity (Wildman–Crippen MR) is 58.4 cm³/mol. The number of carbonyl (C=O) groups is 2. The van der Waals surface area contributed by atoms with Gasteiger partial charge in [0.15, 0.2) is 0 Å². The van der Waals surface area contributed by atoms with Crippen molar-refractivity contribution in [2.75, 3.05) is 13.1 Å². The molecular weight excluding hydrogens is 224 g/mol. The van der Waals surface area contributed by atoms with Crippen LogP contribution in [0, 0.1) is 5.92 Å². The number of amides is 2. The summed E-state index contributed by atoms with van der Waals surface area (Å²) in [6.45, 7) is 2.35.